The summed E-state index contributed by atoms with van der Waals surface area (Å²) in [5.41, 5.74) is 2.28. The van der Waals surface area contributed by atoms with Crippen molar-refractivity contribution in [3.63, 3.8) is 0 Å². The molecule has 90 valence electrons. The first-order valence-electron chi connectivity index (χ1n) is 5.20. The Morgan fingerprint density at radius 1 is 1.22 bits per heavy atom. The van der Waals surface area contributed by atoms with E-state index in [1.54, 1.807) is 12.1 Å². The van der Waals surface area contributed by atoms with Crippen LogP contribution in [0.3, 0.4) is 0 Å². The van der Waals surface area contributed by atoms with Crippen LogP contribution < -0.4 is 5.32 Å². The smallest absolute Gasteiger partial charge is 0.131 e. The highest BCUT2D eigenvalue weighted by Crippen LogP contribution is 2.32. The first kappa shape index (κ1) is 13.1. The summed E-state index contributed by atoms with van der Waals surface area (Å²) in [6.07, 6.45) is 0. The molecular weight excluding hydrogens is 358 g/mol. The van der Waals surface area contributed by atoms with Gasteiger partial charge in [-0.3, -0.25) is 0 Å². The number of pyridine rings is 1. The van der Waals surface area contributed by atoms with Crippen molar-refractivity contribution < 1.29 is 0 Å². The fourth-order valence-electron chi connectivity index (χ4n) is 1.54. The second-order valence-corrected chi connectivity index (χ2v) is 5.42. The monoisotopic (exact) mass is 365 g/mol. The van der Waals surface area contributed by atoms with Crippen molar-refractivity contribution >= 4 is 43.4 Å². The van der Waals surface area contributed by atoms with E-state index < -0.39 is 0 Å². The fourth-order valence-corrected chi connectivity index (χ4v) is 2.74. The number of rotatable bonds is 2. The molecule has 0 saturated carbocycles. The van der Waals surface area contributed by atoms with Gasteiger partial charge in [0.1, 0.15) is 5.82 Å². The third-order valence-electron chi connectivity index (χ3n) is 2.30. The molecule has 1 aromatic heterocycles. The molecule has 0 unspecified atom stereocenters. The first-order valence-corrected chi connectivity index (χ1v) is 6.78. The van der Waals surface area contributed by atoms with Crippen LogP contribution in [0.2, 0.25) is 0 Å². The van der Waals surface area contributed by atoms with E-state index in [0.717, 1.165) is 20.3 Å². The van der Waals surface area contributed by atoms with E-state index in [1.807, 2.05) is 25.1 Å². The molecule has 0 aliphatic heterocycles. The molecule has 0 aliphatic carbocycles. The van der Waals surface area contributed by atoms with Crippen molar-refractivity contribution in [1.29, 1.82) is 5.26 Å². The molecule has 1 aromatic carbocycles. The van der Waals surface area contributed by atoms with Gasteiger partial charge in [0, 0.05) is 14.6 Å². The molecule has 1 N–H and O–H groups in total. The van der Waals surface area contributed by atoms with Crippen molar-refractivity contribution in [2.24, 2.45) is 0 Å². The van der Waals surface area contributed by atoms with E-state index in [1.165, 1.54) is 0 Å². The number of hydrogen-bond donors (Lipinski definition) is 1. The van der Waals surface area contributed by atoms with Gasteiger partial charge >= 0.3 is 0 Å². The van der Waals surface area contributed by atoms with Gasteiger partial charge in [-0.15, -0.1) is 0 Å². The van der Waals surface area contributed by atoms with Crippen LogP contribution in [0.25, 0.3) is 0 Å². The Kier molecular flexibility index (Phi) is 4.00. The SMILES string of the molecule is Cc1cc(C#N)cc(Nc2c(Br)cccc2Br)n1. The molecule has 0 spiro atoms. The molecular formula is C13H9Br2N3. The minimum atomic E-state index is 0.591. The minimum Gasteiger partial charge on any atom is -0.338 e. The number of anilines is 2. The Labute approximate surface area is 122 Å². The van der Waals surface area contributed by atoms with Crippen molar-refractivity contribution in [2.45, 2.75) is 6.92 Å². The van der Waals surface area contributed by atoms with Gasteiger partial charge in [-0.05, 0) is 63.0 Å². The molecule has 0 saturated heterocycles. The van der Waals surface area contributed by atoms with Crippen molar-refractivity contribution in [2.75, 3.05) is 5.32 Å². The molecule has 2 rings (SSSR count). The lowest BCUT2D eigenvalue weighted by molar-refractivity contribution is 1.19. The van der Waals surface area contributed by atoms with Gasteiger partial charge in [0.2, 0.25) is 0 Å². The Morgan fingerprint density at radius 2 is 1.89 bits per heavy atom. The van der Waals surface area contributed by atoms with Crippen LogP contribution in [0.4, 0.5) is 11.5 Å². The van der Waals surface area contributed by atoms with Gasteiger partial charge in [0.15, 0.2) is 0 Å². The number of aromatic nitrogens is 1. The predicted octanol–water partition coefficient (Wildman–Crippen LogP) is 4.53. The summed E-state index contributed by atoms with van der Waals surface area (Å²) in [6, 6.07) is 11.4. The summed E-state index contributed by atoms with van der Waals surface area (Å²) < 4.78 is 1.86. The largest absolute Gasteiger partial charge is 0.338 e. The Bertz CT molecular complexity index is 612. The summed E-state index contributed by atoms with van der Waals surface area (Å²) in [5, 5.41) is 12.1. The van der Waals surface area contributed by atoms with E-state index in [0.29, 0.717) is 11.4 Å². The summed E-state index contributed by atoms with van der Waals surface area (Å²) in [6.45, 7) is 1.86. The zero-order valence-electron chi connectivity index (χ0n) is 9.54. The molecule has 0 atom stereocenters. The lowest BCUT2D eigenvalue weighted by Gasteiger charge is -2.10. The molecule has 0 fully saturated rings. The Balaban J connectivity index is 2.40. The molecule has 3 nitrogen and oxygen atoms in total. The molecule has 0 amide bonds. The average Bonchev–Trinajstić information content (AvgIpc) is 2.33. The van der Waals surface area contributed by atoms with Crippen LogP contribution in [-0.4, -0.2) is 4.98 Å². The number of nitrogens with one attached hydrogen (secondary N) is 1. The van der Waals surface area contributed by atoms with E-state index in [9.17, 15) is 0 Å². The number of aryl methyl sites for hydroxylation is 1. The highest BCUT2D eigenvalue weighted by molar-refractivity contribution is 9.11. The zero-order chi connectivity index (χ0) is 13.1. The van der Waals surface area contributed by atoms with Gasteiger partial charge in [-0.2, -0.15) is 5.26 Å². The van der Waals surface area contributed by atoms with Gasteiger partial charge in [-0.25, -0.2) is 4.98 Å². The molecule has 0 radical (unpaired) electrons. The molecule has 5 heteroatoms. The van der Waals surface area contributed by atoms with Gasteiger partial charge in [0.25, 0.3) is 0 Å². The summed E-state index contributed by atoms with van der Waals surface area (Å²) in [7, 11) is 0. The summed E-state index contributed by atoms with van der Waals surface area (Å²) in [5.74, 6) is 0.652. The van der Waals surface area contributed by atoms with Crippen LogP contribution in [-0.2, 0) is 0 Å². The fraction of sp³-hybridized carbons (Fsp3) is 0.0769. The zero-order valence-corrected chi connectivity index (χ0v) is 12.7. The maximum Gasteiger partial charge on any atom is 0.131 e. The second-order valence-electron chi connectivity index (χ2n) is 3.72. The van der Waals surface area contributed by atoms with Crippen LogP contribution >= 0.6 is 31.9 Å². The normalized spacial score (nSPS) is 9.89. The lowest BCUT2D eigenvalue weighted by Crippen LogP contribution is -1.97. The van der Waals surface area contributed by atoms with Crippen LogP contribution in [0.15, 0.2) is 39.3 Å². The van der Waals surface area contributed by atoms with Crippen molar-refractivity contribution in [3.8, 4) is 6.07 Å². The molecule has 18 heavy (non-hydrogen) atoms. The first-order chi connectivity index (χ1) is 8.60. The highest BCUT2D eigenvalue weighted by atomic mass is 79.9. The standard InChI is InChI=1S/C13H9Br2N3/c1-8-5-9(7-16)6-12(17-8)18-13-10(14)3-2-4-11(13)15/h2-6H,1H3,(H,17,18). The van der Waals surface area contributed by atoms with Crippen LogP contribution in [0, 0.1) is 18.3 Å². The maximum absolute atomic E-state index is 8.94. The Hall–Kier alpha value is -1.38. The van der Waals surface area contributed by atoms with E-state index in [-0.39, 0.29) is 0 Å². The van der Waals surface area contributed by atoms with Crippen LogP contribution in [0.5, 0.6) is 0 Å². The van der Waals surface area contributed by atoms with Crippen molar-refractivity contribution in [1.82, 2.24) is 4.98 Å². The Morgan fingerprint density at radius 3 is 2.50 bits per heavy atom. The third kappa shape index (κ3) is 2.89. The summed E-state index contributed by atoms with van der Waals surface area (Å²) >= 11 is 6.95. The summed E-state index contributed by atoms with van der Waals surface area (Å²) in [4.78, 5) is 4.36. The van der Waals surface area contributed by atoms with Crippen LogP contribution in [0.1, 0.15) is 11.3 Å². The predicted molar refractivity (Wildman–Crippen MR) is 78.8 cm³/mol. The second kappa shape index (κ2) is 5.51. The number of para-hydroxylation sites is 1. The van der Waals surface area contributed by atoms with Crippen molar-refractivity contribution in [3.05, 3.63) is 50.5 Å². The van der Waals surface area contributed by atoms with Gasteiger partial charge in [-0.1, -0.05) is 6.07 Å². The van der Waals surface area contributed by atoms with Gasteiger partial charge in [0.05, 0.1) is 17.3 Å². The quantitative estimate of drug-likeness (QED) is 0.849. The minimum absolute atomic E-state index is 0.591. The molecule has 1 heterocycles. The number of hydrogen-bond acceptors (Lipinski definition) is 3. The van der Waals surface area contributed by atoms with Gasteiger partial charge < -0.3 is 5.32 Å². The van der Waals surface area contributed by atoms with E-state index in [4.69, 9.17) is 5.26 Å². The molecule has 0 bridgehead atoms. The topological polar surface area (TPSA) is 48.7 Å². The van der Waals surface area contributed by atoms with E-state index >= 15 is 0 Å². The third-order valence-corrected chi connectivity index (χ3v) is 3.62. The number of nitrogens with zero attached hydrogens (tertiary/aromatic N) is 2. The molecule has 2 aromatic rings. The highest BCUT2D eigenvalue weighted by Gasteiger charge is 2.06. The van der Waals surface area contributed by atoms with E-state index in [2.05, 4.69) is 48.2 Å². The number of nitriles is 1. The average molecular weight is 367 g/mol. The number of halogens is 2. The maximum atomic E-state index is 8.94. The number of benzene rings is 1. The molecule has 0 aliphatic rings. The lowest BCUT2D eigenvalue weighted by atomic mass is 10.2.